The number of fused-ring (bicyclic) bond motifs is 1. The zero-order valence-electron chi connectivity index (χ0n) is 19.1. The Morgan fingerprint density at radius 2 is 1.78 bits per heavy atom. The Hall–Kier alpha value is -5.02. The van der Waals surface area contributed by atoms with Crippen LogP contribution in [0.3, 0.4) is 0 Å². The molecule has 0 fully saturated rings. The number of thiocarbonyl (C=S) groups is 1. The van der Waals surface area contributed by atoms with Gasteiger partial charge in [0.05, 0.1) is 29.4 Å². The minimum absolute atomic E-state index is 0.0735. The van der Waals surface area contributed by atoms with Gasteiger partial charge < -0.3 is 20.8 Å². The average Bonchev–Trinajstić information content (AvgIpc) is 2.90. The van der Waals surface area contributed by atoms with Gasteiger partial charge in [0.1, 0.15) is 11.6 Å². The number of nitrogens with zero attached hydrogens (tertiary/aromatic N) is 2. The van der Waals surface area contributed by atoms with Crippen LogP contribution in [0, 0.1) is 0 Å². The first kappa shape index (κ1) is 26.6. The number of ketones is 1. The molecule has 0 bridgehead atoms. The first-order valence-corrected chi connectivity index (χ1v) is 10.7. The number of hydrogen-bond acceptors (Lipinski definition) is 10. The summed E-state index contributed by atoms with van der Waals surface area (Å²) in [4.78, 5) is 70.6. The van der Waals surface area contributed by atoms with Crippen LogP contribution in [-0.4, -0.2) is 51.5 Å². The Kier molecular flexibility index (Phi) is 8.34. The number of nitrogens with two attached hydrogens (primary N) is 2. The molecule has 37 heavy (non-hydrogen) atoms. The third kappa shape index (κ3) is 5.98. The lowest BCUT2D eigenvalue weighted by Crippen LogP contribution is -2.42. The first-order chi connectivity index (χ1) is 17.7. The van der Waals surface area contributed by atoms with Gasteiger partial charge in [0.2, 0.25) is 10.9 Å². The van der Waals surface area contributed by atoms with E-state index in [0.29, 0.717) is 5.52 Å². The largest absolute Gasteiger partial charge is 0.464 e. The second-order valence-electron chi connectivity index (χ2n) is 7.20. The number of benzene rings is 2. The van der Waals surface area contributed by atoms with E-state index in [4.69, 9.17) is 28.5 Å². The summed E-state index contributed by atoms with van der Waals surface area (Å²) in [6, 6.07) is 12.1. The average molecular weight is 525 g/mol. The molecule has 3 aromatic rings. The van der Waals surface area contributed by atoms with E-state index < -0.39 is 46.4 Å². The Bertz CT molecular complexity index is 1500. The summed E-state index contributed by atoms with van der Waals surface area (Å²) >= 11 is 4.83. The SMILES string of the molecule is COC(=O)/C(=N/NC(=S)NN)[C@@H](C(=O)C(=O)Nc1ccccc1C(N)=O)c1nc2ccccc2[nH]c1=O. The smallest absolute Gasteiger partial charge is 0.355 e. The summed E-state index contributed by atoms with van der Waals surface area (Å²) in [5.74, 6) is -1.44. The summed E-state index contributed by atoms with van der Waals surface area (Å²) in [7, 11) is 1.00. The van der Waals surface area contributed by atoms with E-state index in [-0.39, 0.29) is 21.9 Å². The van der Waals surface area contributed by atoms with Crippen LogP contribution < -0.4 is 33.3 Å². The highest BCUT2D eigenvalue weighted by atomic mass is 32.1. The van der Waals surface area contributed by atoms with Crippen molar-refractivity contribution in [1.29, 1.82) is 0 Å². The molecule has 0 saturated heterocycles. The molecule has 2 aromatic carbocycles. The van der Waals surface area contributed by atoms with Gasteiger partial charge in [0.15, 0.2) is 5.71 Å². The van der Waals surface area contributed by atoms with Crippen molar-refractivity contribution in [2.24, 2.45) is 16.7 Å². The van der Waals surface area contributed by atoms with Gasteiger partial charge in [-0.3, -0.25) is 30.0 Å². The van der Waals surface area contributed by atoms with Crippen molar-refractivity contribution in [2.75, 3.05) is 12.4 Å². The van der Waals surface area contributed by atoms with Gasteiger partial charge in [-0.25, -0.2) is 15.6 Å². The van der Waals surface area contributed by atoms with Crippen molar-refractivity contribution in [1.82, 2.24) is 20.8 Å². The zero-order valence-corrected chi connectivity index (χ0v) is 19.9. The predicted octanol–water partition coefficient (Wildman–Crippen LogP) is -0.820. The van der Waals surface area contributed by atoms with Crippen LogP contribution in [0.4, 0.5) is 5.69 Å². The molecule has 0 spiro atoms. The van der Waals surface area contributed by atoms with E-state index in [9.17, 15) is 24.0 Å². The molecule has 1 aromatic heterocycles. The molecule has 0 saturated carbocycles. The summed E-state index contributed by atoms with van der Waals surface area (Å²) in [6.45, 7) is 0. The molecule has 0 unspecified atom stereocenters. The number of H-pyrrole nitrogens is 1. The number of nitrogens with one attached hydrogen (secondary N) is 4. The standard InChI is InChI=1S/C22H20N8O6S/c1-36-21(35)16(29-30-22(37)28-24)14(15-19(33)27-13-9-5-4-8-12(13)25-15)17(31)20(34)26-11-7-3-2-6-10(11)18(23)32/h2-9,14H,24H2,1H3,(H2,23,32)(H,26,34)(H,27,33)(H2,28,30,37)/b29-16+/t14-/m0/s1. The lowest BCUT2D eigenvalue weighted by molar-refractivity contribution is -0.136. The van der Waals surface area contributed by atoms with Gasteiger partial charge in [-0.05, 0) is 36.5 Å². The lowest BCUT2D eigenvalue weighted by atomic mass is 9.93. The van der Waals surface area contributed by atoms with E-state index in [1.54, 1.807) is 24.3 Å². The fourth-order valence-corrected chi connectivity index (χ4v) is 3.26. The van der Waals surface area contributed by atoms with Gasteiger partial charge in [0.25, 0.3) is 17.4 Å². The van der Waals surface area contributed by atoms with Gasteiger partial charge in [-0.15, -0.1) is 0 Å². The number of hydrazine groups is 1. The Morgan fingerprint density at radius 1 is 1.11 bits per heavy atom. The maximum atomic E-state index is 13.5. The number of aromatic nitrogens is 2. The van der Waals surface area contributed by atoms with Crippen LogP contribution in [0.1, 0.15) is 22.0 Å². The first-order valence-electron chi connectivity index (χ1n) is 10.3. The molecule has 0 aliphatic heterocycles. The topological polar surface area (TPSA) is 224 Å². The van der Waals surface area contributed by atoms with Crippen molar-refractivity contribution in [3.63, 3.8) is 0 Å². The molecule has 1 atom stereocenters. The number of ether oxygens (including phenoxy) is 1. The second kappa shape index (κ2) is 11.6. The number of aromatic amines is 1. The number of rotatable bonds is 8. The van der Waals surface area contributed by atoms with Crippen molar-refractivity contribution in [3.05, 3.63) is 70.1 Å². The molecule has 1 heterocycles. The Morgan fingerprint density at radius 3 is 2.46 bits per heavy atom. The minimum atomic E-state index is -1.96. The van der Waals surface area contributed by atoms with E-state index in [2.05, 4.69) is 31.2 Å². The second-order valence-corrected chi connectivity index (χ2v) is 7.61. The Balaban J connectivity index is 2.17. The molecule has 15 heteroatoms. The fraction of sp³-hybridized carbons (Fsp3) is 0.0909. The highest BCUT2D eigenvalue weighted by Gasteiger charge is 2.39. The minimum Gasteiger partial charge on any atom is -0.464 e. The maximum absolute atomic E-state index is 13.5. The molecule has 3 rings (SSSR count). The van der Waals surface area contributed by atoms with Crippen molar-refractivity contribution in [3.8, 4) is 0 Å². The summed E-state index contributed by atoms with van der Waals surface area (Å²) in [5.41, 5.74) is 7.92. The highest BCUT2D eigenvalue weighted by molar-refractivity contribution is 7.80. The number of primary amides is 1. The number of hydrazone groups is 1. The maximum Gasteiger partial charge on any atom is 0.355 e. The number of anilines is 1. The molecule has 0 aliphatic rings. The van der Waals surface area contributed by atoms with Crippen molar-refractivity contribution in [2.45, 2.75) is 5.92 Å². The summed E-state index contributed by atoms with van der Waals surface area (Å²) in [5, 5.41) is 5.77. The molecular weight excluding hydrogens is 504 g/mol. The van der Waals surface area contributed by atoms with Gasteiger partial charge in [-0.2, -0.15) is 5.10 Å². The number of carbonyl (C=O) groups is 4. The molecule has 2 amide bonds. The third-order valence-corrected chi connectivity index (χ3v) is 5.11. The monoisotopic (exact) mass is 524 g/mol. The number of hydrogen-bond donors (Lipinski definition) is 6. The van der Waals surface area contributed by atoms with Crippen molar-refractivity contribution >= 4 is 63.3 Å². The molecule has 190 valence electrons. The Labute approximate surface area is 213 Å². The van der Waals surface area contributed by atoms with E-state index in [1.807, 2.05) is 0 Å². The molecule has 0 aliphatic carbocycles. The quantitative estimate of drug-likeness (QED) is 0.0533. The number of para-hydroxylation sites is 3. The molecule has 14 nitrogen and oxygen atoms in total. The molecular formula is C22H20N8O6S. The number of amides is 2. The van der Waals surface area contributed by atoms with E-state index in [1.165, 1.54) is 24.3 Å². The summed E-state index contributed by atoms with van der Waals surface area (Å²) in [6.07, 6.45) is 0. The number of methoxy groups -OCH3 is 1. The predicted molar refractivity (Wildman–Crippen MR) is 136 cm³/mol. The number of esters is 1. The lowest BCUT2D eigenvalue weighted by Gasteiger charge is -2.17. The highest BCUT2D eigenvalue weighted by Crippen LogP contribution is 2.20. The van der Waals surface area contributed by atoms with E-state index in [0.717, 1.165) is 7.11 Å². The van der Waals surface area contributed by atoms with Crippen LogP contribution in [0.5, 0.6) is 0 Å². The zero-order chi connectivity index (χ0) is 27.1. The van der Waals surface area contributed by atoms with E-state index >= 15 is 0 Å². The van der Waals surface area contributed by atoms with Crippen LogP contribution >= 0.6 is 12.2 Å². The fourth-order valence-electron chi connectivity index (χ4n) is 3.22. The van der Waals surface area contributed by atoms with Crippen LogP contribution in [0.2, 0.25) is 0 Å². The van der Waals surface area contributed by atoms with Gasteiger partial charge >= 0.3 is 5.97 Å². The number of Topliss-reactive ketones (excluding diaryl/α,β-unsaturated/α-hetero) is 1. The molecule has 8 N–H and O–H groups in total. The van der Waals surface area contributed by atoms with Gasteiger partial charge in [-0.1, -0.05) is 24.3 Å². The normalized spacial score (nSPS) is 11.8. The van der Waals surface area contributed by atoms with Crippen LogP contribution in [-0.2, 0) is 19.1 Å². The third-order valence-electron chi connectivity index (χ3n) is 4.90. The van der Waals surface area contributed by atoms with Crippen LogP contribution in [0.25, 0.3) is 11.0 Å². The molecule has 0 radical (unpaired) electrons. The van der Waals surface area contributed by atoms with Crippen LogP contribution in [0.15, 0.2) is 58.4 Å². The van der Waals surface area contributed by atoms with Gasteiger partial charge in [0, 0.05) is 0 Å². The number of carbonyl (C=O) groups excluding carboxylic acids is 4. The van der Waals surface area contributed by atoms with Crippen molar-refractivity contribution < 1.29 is 23.9 Å². The summed E-state index contributed by atoms with van der Waals surface area (Å²) < 4.78 is 4.72.